The maximum Gasteiger partial charge on any atom is 0.0782 e. The molecule has 0 heterocycles. The smallest absolute Gasteiger partial charge is 0.0782 e. The van der Waals surface area contributed by atoms with E-state index in [1.807, 2.05) is 5.12 Å². The highest BCUT2D eigenvalue weighted by Gasteiger charge is 2.07. The van der Waals surface area contributed by atoms with Crippen LogP contribution in [0.4, 0.5) is 0 Å². The van der Waals surface area contributed by atoms with Crippen LogP contribution in [-0.2, 0) is 0 Å². The molecule has 0 aromatic rings. The molecule has 0 amide bonds. The average molecular weight is 202 g/mol. The average Bonchev–Trinajstić information content (AvgIpc) is 1.97. The molecule has 0 aliphatic heterocycles. The van der Waals surface area contributed by atoms with Gasteiger partial charge in [-0.05, 0) is 41.5 Å². The van der Waals surface area contributed by atoms with Gasteiger partial charge in [0.25, 0.3) is 0 Å². The first kappa shape index (κ1) is 13.8. The molecule has 0 saturated heterocycles. The van der Waals surface area contributed by atoms with Crippen LogP contribution in [0, 0.1) is 0 Å². The molecular formula is C10H26N4. The van der Waals surface area contributed by atoms with Crippen LogP contribution in [0.25, 0.3) is 0 Å². The van der Waals surface area contributed by atoms with Gasteiger partial charge in [-0.25, -0.2) is 10.9 Å². The summed E-state index contributed by atoms with van der Waals surface area (Å²) in [5.41, 5.74) is 6.65. The van der Waals surface area contributed by atoms with E-state index in [9.17, 15) is 0 Å². The van der Waals surface area contributed by atoms with Crippen LogP contribution in [0.15, 0.2) is 0 Å². The van der Waals surface area contributed by atoms with Crippen molar-refractivity contribution >= 4 is 0 Å². The van der Waals surface area contributed by atoms with Crippen molar-refractivity contribution in [1.82, 2.24) is 21.3 Å². The standard InChI is InChI=1S/C10H26N4/c1-8(2)11-7-14(12-9(3)4)13-10(5)6/h8-13H,7H2,1-6H3. The maximum absolute atomic E-state index is 3.36. The van der Waals surface area contributed by atoms with Gasteiger partial charge in [0.1, 0.15) is 0 Å². The lowest BCUT2D eigenvalue weighted by Crippen LogP contribution is -2.57. The predicted octanol–water partition coefficient (Wildman–Crippen LogP) is 1.07. The first-order valence-electron chi connectivity index (χ1n) is 5.45. The van der Waals surface area contributed by atoms with Crippen LogP contribution in [0.1, 0.15) is 41.5 Å². The van der Waals surface area contributed by atoms with Crippen molar-refractivity contribution in [2.45, 2.75) is 59.7 Å². The molecule has 0 atom stereocenters. The second kappa shape index (κ2) is 7.17. The van der Waals surface area contributed by atoms with Crippen molar-refractivity contribution in [3.63, 3.8) is 0 Å². The molecule has 86 valence electrons. The zero-order chi connectivity index (χ0) is 11.1. The molecule has 0 fully saturated rings. The number of rotatable bonds is 7. The van der Waals surface area contributed by atoms with Gasteiger partial charge in [-0.3, -0.25) is 5.32 Å². The maximum atomic E-state index is 3.36. The highest BCUT2D eigenvalue weighted by atomic mass is 15.7. The molecule has 0 unspecified atom stereocenters. The second-order valence-electron chi connectivity index (χ2n) is 4.51. The van der Waals surface area contributed by atoms with Crippen molar-refractivity contribution in [2.75, 3.05) is 6.67 Å². The molecule has 0 rings (SSSR count). The largest absolute Gasteiger partial charge is 0.300 e. The van der Waals surface area contributed by atoms with E-state index in [1.165, 1.54) is 0 Å². The minimum atomic E-state index is 0.440. The Hall–Kier alpha value is -0.160. The van der Waals surface area contributed by atoms with Gasteiger partial charge in [0.15, 0.2) is 0 Å². The van der Waals surface area contributed by atoms with Gasteiger partial charge in [-0.1, -0.05) is 0 Å². The molecule has 0 aromatic carbocycles. The fraction of sp³-hybridized carbons (Fsp3) is 1.00. The Labute approximate surface area is 88.4 Å². The van der Waals surface area contributed by atoms with Crippen molar-refractivity contribution in [3.05, 3.63) is 0 Å². The molecular weight excluding hydrogens is 176 g/mol. The van der Waals surface area contributed by atoms with Crippen molar-refractivity contribution in [2.24, 2.45) is 0 Å². The van der Waals surface area contributed by atoms with Crippen LogP contribution < -0.4 is 16.2 Å². The molecule has 4 heteroatoms. The van der Waals surface area contributed by atoms with Gasteiger partial charge in [0.05, 0.1) is 6.67 Å². The van der Waals surface area contributed by atoms with E-state index in [4.69, 9.17) is 0 Å². The Morgan fingerprint density at radius 3 is 1.50 bits per heavy atom. The SMILES string of the molecule is CC(C)NCN(NC(C)C)NC(C)C. The summed E-state index contributed by atoms with van der Waals surface area (Å²) in [5, 5.41) is 5.37. The van der Waals surface area contributed by atoms with E-state index in [-0.39, 0.29) is 0 Å². The zero-order valence-electron chi connectivity index (χ0n) is 10.4. The molecule has 0 radical (unpaired) electrons. The monoisotopic (exact) mass is 202 g/mol. The van der Waals surface area contributed by atoms with Crippen molar-refractivity contribution < 1.29 is 0 Å². The summed E-state index contributed by atoms with van der Waals surface area (Å²) in [5.74, 6) is 0. The summed E-state index contributed by atoms with van der Waals surface area (Å²) >= 11 is 0. The Balaban J connectivity index is 3.84. The van der Waals surface area contributed by atoms with E-state index in [1.54, 1.807) is 0 Å². The topological polar surface area (TPSA) is 39.3 Å². The van der Waals surface area contributed by atoms with Gasteiger partial charge in [-0.15, -0.1) is 0 Å². The van der Waals surface area contributed by atoms with Crippen molar-refractivity contribution in [3.8, 4) is 0 Å². The number of hydrogen-bond acceptors (Lipinski definition) is 4. The van der Waals surface area contributed by atoms with Gasteiger partial charge in [-0.2, -0.15) is 5.12 Å². The number of hydrogen-bond donors (Lipinski definition) is 3. The Morgan fingerprint density at radius 2 is 1.21 bits per heavy atom. The molecule has 0 aromatic heterocycles. The highest BCUT2D eigenvalue weighted by Crippen LogP contribution is 1.85. The van der Waals surface area contributed by atoms with Gasteiger partial charge >= 0.3 is 0 Å². The minimum absolute atomic E-state index is 0.440. The van der Waals surface area contributed by atoms with Crippen LogP contribution in [0.3, 0.4) is 0 Å². The highest BCUT2D eigenvalue weighted by molar-refractivity contribution is 4.56. The normalized spacial score (nSPS) is 12.4. The lowest BCUT2D eigenvalue weighted by Gasteiger charge is -2.29. The third-order valence-electron chi connectivity index (χ3n) is 1.49. The lowest BCUT2D eigenvalue weighted by molar-refractivity contribution is 0.0698. The summed E-state index contributed by atoms with van der Waals surface area (Å²) in [6, 6.07) is 1.38. The van der Waals surface area contributed by atoms with Crippen LogP contribution in [0.5, 0.6) is 0 Å². The number of nitrogens with one attached hydrogen (secondary N) is 3. The first-order valence-corrected chi connectivity index (χ1v) is 5.45. The molecule has 14 heavy (non-hydrogen) atoms. The number of nitrogens with zero attached hydrogens (tertiary/aromatic N) is 1. The molecule has 3 N–H and O–H groups in total. The minimum Gasteiger partial charge on any atom is -0.300 e. The number of hydrazine groups is 2. The third kappa shape index (κ3) is 8.44. The Bertz CT molecular complexity index is 124. The van der Waals surface area contributed by atoms with E-state index < -0.39 is 0 Å². The third-order valence-corrected chi connectivity index (χ3v) is 1.49. The molecule has 0 aliphatic rings. The summed E-state index contributed by atoms with van der Waals surface area (Å²) in [6.07, 6.45) is 0. The first-order chi connectivity index (χ1) is 6.41. The second-order valence-corrected chi connectivity index (χ2v) is 4.51. The summed E-state index contributed by atoms with van der Waals surface area (Å²) in [6.45, 7) is 13.6. The fourth-order valence-electron chi connectivity index (χ4n) is 1.03. The van der Waals surface area contributed by atoms with Crippen LogP contribution in [0.2, 0.25) is 0 Å². The summed E-state index contributed by atoms with van der Waals surface area (Å²) < 4.78 is 0. The summed E-state index contributed by atoms with van der Waals surface area (Å²) in [7, 11) is 0. The van der Waals surface area contributed by atoms with Crippen LogP contribution >= 0.6 is 0 Å². The van der Waals surface area contributed by atoms with Gasteiger partial charge in [0.2, 0.25) is 0 Å². The van der Waals surface area contributed by atoms with Crippen molar-refractivity contribution in [1.29, 1.82) is 0 Å². The van der Waals surface area contributed by atoms with Crippen LogP contribution in [-0.4, -0.2) is 29.9 Å². The molecule has 4 nitrogen and oxygen atoms in total. The molecule has 0 saturated carbocycles. The quantitative estimate of drug-likeness (QED) is 0.426. The van der Waals surface area contributed by atoms with E-state index >= 15 is 0 Å². The predicted molar refractivity (Wildman–Crippen MR) is 61.5 cm³/mol. The van der Waals surface area contributed by atoms with Gasteiger partial charge < -0.3 is 0 Å². The zero-order valence-corrected chi connectivity index (χ0v) is 10.4. The Morgan fingerprint density at radius 1 is 0.786 bits per heavy atom. The molecule has 0 aliphatic carbocycles. The van der Waals surface area contributed by atoms with E-state index in [0.29, 0.717) is 18.1 Å². The Kier molecular flexibility index (Phi) is 7.09. The van der Waals surface area contributed by atoms with E-state index in [0.717, 1.165) is 6.67 Å². The van der Waals surface area contributed by atoms with Gasteiger partial charge in [0, 0.05) is 18.1 Å². The summed E-state index contributed by atoms with van der Waals surface area (Å²) in [4.78, 5) is 0. The fourth-order valence-corrected chi connectivity index (χ4v) is 1.03. The lowest BCUT2D eigenvalue weighted by atomic mass is 10.4. The van der Waals surface area contributed by atoms with E-state index in [2.05, 4.69) is 57.7 Å². The molecule has 0 spiro atoms. The molecule has 0 bridgehead atoms.